The standard InChI is InChI=1S/C28H34N6O5/c1-6-38-26(36)22-18-14-28(2,3)19-15-29-27(32-23(19)24(18)39-33-22)31-20-8-7-16(13-21(20)37-5)25(35)30-17-9-11-34(4)12-10-17/h7-8,13,15,17H,6,9-12,14H2,1-5H3,(H,30,35)(H,29,31,32). The molecule has 11 heteroatoms. The largest absolute Gasteiger partial charge is 0.495 e. The van der Waals surface area contributed by atoms with Gasteiger partial charge in [0, 0.05) is 28.9 Å². The van der Waals surface area contributed by atoms with Gasteiger partial charge in [0.05, 0.1) is 19.4 Å². The second kappa shape index (κ2) is 10.6. The maximum atomic E-state index is 12.9. The molecule has 206 valence electrons. The molecule has 5 rings (SSSR count). The van der Waals surface area contributed by atoms with Crippen LogP contribution >= 0.6 is 0 Å². The van der Waals surface area contributed by atoms with Gasteiger partial charge in [0.1, 0.15) is 11.4 Å². The number of carbonyl (C=O) groups excluding carboxylic acids is 2. The van der Waals surface area contributed by atoms with E-state index in [4.69, 9.17) is 19.0 Å². The van der Waals surface area contributed by atoms with Crippen LogP contribution in [0, 0.1) is 0 Å². The lowest BCUT2D eigenvalue weighted by Crippen LogP contribution is -2.43. The third-order valence-electron chi connectivity index (χ3n) is 7.37. The summed E-state index contributed by atoms with van der Waals surface area (Å²) < 4.78 is 16.3. The minimum Gasteiger partial charge on any atom is -0.495 e. The van der Waals surface area contributed by atoms with Crippen LogP contribution in [0.4, 0.5) is 11.6 Å². The number of hydrogen-bond donors (Lipinski definition) is 2. The fraction of sp³-hybridized carbons (Fsp3) is 0.464. The summed E-state index contributed by atoms with van der Waals surface area (Å²) in [5.41, 5.74) is 3.07. The van der Waals surface area contributed by atoms with Gasteiger partial charge in [-0.05, 0) is 69.9 Å². The number of amides is 1. The lowest BCUT2D eigenvalue weighted by Gasteiger charge is -2.30. The summed E-state index contributed by atoms with van der Waals surface area (Å²) >= 11 is 0. The molecule has 1 aliphatic carbocycles. The van der Waals surface area contributed by atoms with Crippen molar-refractivity contribution in [2.75, 3.05) is 39.2 Å². The first-order chi connectivity index (χ1) is 18.7. The molecule has 0 unspecified atom stereocenters. The molecule has 39 heavy (non-hydrogen) atoms. The van der Waals surface area contributed by atoms with Crippen molar-refractivity contribution in [2.24, 2.45) is 0 Å². The van der Waals surface area contributed by atoms with E-state index in [1.54, 1.807) is 38.4 Å². The van der Waals surface area contributed by atoms with Gasteiger partial charge < -0.3 is 29.5 Å². The quantitative estimate of drug-likeness (QED) is 0.432. The molecule has 0 radical (unpaired) electrons. The summed E-state index contributed by atoms with van der Waals surface area (Å²) in [7, 11) is 3.64. The molecule has 0 spiro atoms. The molecule has 3 heterocycles. The smallest absolute Gasteiger partial charge is 0.360 e. The predicted octanol–water partition coefficient (Wildman–Crippen LogP) is 3.72. The Morgan fingerprint density at radius 1 is 1.23 bits per heavy atom. The first-order valence-corrected chi connectivity index (χ1v) is 13.2. The Labute approximate surface area is 227 Å². The summed E-state index contributed by atoms with van der Waals surface area (Å²) in [5.74, 6) is 0.590. The number of fused-ring (bicyclic) bond motifs is 3. The van der Waals surface area contributed by atoms with Crippen LogP contribution in [0.1, 0.15) is 65.6 Å². The second-order valence-electron chi connectivity index (χ2n) is 10.7. The first-order valence-electron chi connectivity index (χ1n) is 13.2. The SMILES string of the molecule is CCOC(=O)c1noc2c1CC(C)(C)c1cnc(Nc3ccc(C(=O)NC4CCN(C)CC4)cc3OC)nc1-2. The third kappa shape index (κ3) is 5.31. The third-order valence-corrected chi connectivity index (χ3v) is 7.37. The zero-order valence-electron chi connectivity index (χ0n) is 23.0. The highest BCUT2D eigenvalue weighted by Crippen LogP contribution is 2.43. The Kier molecular flexibility index (Phi) is 7.26. The van der Waals surface area contributed by atoms with Gasteiger partial charge in [0.15, 0.2) is 11.5 Å². The normalized spacial score (nSPS) is 16.6. The summed E-state index contributed by atoms with van der Waals surface area (Å²) in [6, 6.07) is 5.38. The fourth-order valence-corrected chi connectivity index (χ4v) is 5.14. The minimum atomic E-state index is -0.515. The number of piperidine rings is 1. The van der Waals surface area contributed by atoms with E-state index in [0.29, 0.717) is 46.4 Å². The summed E-state index contributed by atoms with van der Waals surface area (Å²) in [6.45, 7) is 8.05. The van der Waals surface area contributed by atoms with Gasteiger partial charge in [-0.2, -0.15) is 0 Å². The van der Waals surface area contributed by atoms with Crippen LogP contribution in [0.3, 0.4) is 0 Å². The van der Waals surface area contributed by atoms with Gasteiger partial charge in [0.2, 0.25) is 5.95 Å². The summed E-state index contributed by atoms with van der Waals surface area (Å²) in [4.78, 5) is 36.9. The lowest BCUT2D eigenvalue weighted by atomic mass is 9.74. The Bertz CT molecular complexity index is 1390. The van der Waals surface area contributed by atoms with Crippen LogP contribution in [0.2, 0.25) is 0 Å². The molecule has 1 aliphatic heterocycles. The topological polar surface area (TPSA) is 132 Å². The van der Waals surface area contributed by atoms with Crippen molar-refractivity contribution in [3.63, 3.8) is 0 Å². The average molecular weight is 535 g/mol. The molecule has 1 fully saturated rings. The maximum absolute atomic E-state index is 12.9. The molecular weight excluding hydrogens is 500 g/mol. The highest BCUT2D eigenvalue weighted by Gasteiger charge is 2.39. The van der Waals surface area contributed by atoms with E-state index in [0.717, 1.165) is 31.5 Å². The molecule has 11 nitrogen and oxygen atoms in total. The van der Waals surface area contributed by atoms with Crippen molar-refractivity contribution in [1.29, 1.82) is 0 Å². The Morgan fingerprint density at radius 3 is 2.72 bits per heavy atom. The number of benzene rings is 1. The zero-order chi connectivity index (χ0) is 27.7. The number of nitrogens with one attached hydrogen (secondary N) is 2. The van der Waals surface area contributed by atoms with Crippen molar-refractivity contribution in [3.8, 4) is 17.2 Å². The number of anilines is 2. The number of methoxy groups -OCH3 is 1. The fourth-order valence-electron chi connectivity index (χ4n) is 5.14. The van der Waals surface area contributed by atoms with Crippen molar-refractivity contribution in [1.82, 2.24) is 25.3 Å². The molecule has 2 N–H and O–H groups in total. The van der Waals surface area contributed by atoms with Gasteiger partial charge in [0.25, 0.3) is 5.91 Å². The van der Waals surface area contributed by atoms with Crippen LogP contribution in [-0.2, 0) is 16.6 Å². The molecular formula is C28H34N6O5. The number of nitrogens with zero attached hydrogens (tertiary/aromatic N) is 4. The van der Waals surface area contributed by atoms with E-state index in [1.165, 1.54) is 0 Å². The maximum Gasteiger partial charge on any atom is 0.360 e. The van der Waals surface area contributed by atoms with Gasteiger partial charge in [-0.25, -0.2) is 14.8 Å². The second-order valence-corrected chi connectivity index (χ2v) is 10.7. The Balaban J connectivity index is 1.39. The molecule has 0 saturated carbocycles. The molecule has 1 saturated heterocycles. The van der Waals surface area contributed by atoms with E-state index < -0.39 is 5.97 Å². The monoisotopic (exact) mass is 534 g/mol. The van der Waals surface area contributed by atoms with Crippen molar-refractivity contribution in [3.05, 3.63) is 46.8 Å². The highest BCUT2D eigenvalue weighted by atomic mass is 16.5. The van der Waals surface area contributed by atoms with Gasteiger partial charge in [-0.1, -0.05) is 19.0 Å². The van der Waals surface area contributed by atoms with Crippen LogP contribution in [0.5, 0.6) is 5.75 Å². The average Bonchev–Trinajstić information content (AvgIpc) is 3.33. The van der Waals surface area contributed by atoms with Gasteiger partial charge >= 0.3 is 5.97 Å². The predicted molar refractivity (Wildman–Crippen MR) is 144 cm³/mol. The molecule has 2 aliphatic rings. The summed E-state index contributed by atoms with van der Waals surface area (Å²) in [5, 5.41) is 10.3. The molecule has 0 bridgehead atoms. The van der Waals surface area contributed by atoms with Crippen LogP contribution in [0.15, 0.2) is 28.9 Å². The number of likely N-dealkylation sites (tertiary alicyclic amines) is 1. The van der Waals surface area contributed by atoms with E-state index in [9.17, 15) is 9.59 Å². The van der Waals surface area contributed by atoms with Crippen molar-refractivity contribution >= 4 is 23.5 Å². The number of aromatic nitrogens is 3. The minimum absolute atomic E-state index is 0.128. The number of rotatable bonds is 7. The van der Waals surface area contributed by atoms with Crippen molar-refractivity contribution in [2.45, 2.75) is 51.5 Å². The van der Waals surface area contributed by atoms with Gasteiger partial charge in [-0.15, -0.1) is 0 Å². The molecule has 3 aromatic rings. The van der Waals surface area contributed by atoms with Crippen LogP contribution in [-0.4, -0.2) is 71.8 Å². The van der Waals surface area contributed by atoms with E-state index in [1.807, 2.05) is 0 Å². The Morgan fingerprint density at radius 2 is 2.00 bits per heavy atom. The first kappa shape index (κ1) is 26.6. The molecule has 0 atom stereocenters. The molecule has 1 aromatic carbocycles. The van der Waals surface area contributed by atoms with Crippen molar-refractivity contribution < 1.29 is 23.6 Å². The summed E-state index contributed by atoms with van der Waals surface area (Å²) in [6.07, 6.45) is 4.16. The number of esters is 1. The molecule has 1 amide bonds. The van der Waals surface area contributed by atoms with E-state index >= 15 is 0 Å². The highest BCUT2D eigenvalue weighted by molar-refractivity contribution is 5.95. The number of hydrogen-bond acceptors (Lipinski definition) is 10. The van der Waals surface area contributed by atoms with Crippen LogP contribution in [0.25, 0.3) is 11.5 Å². The van der Waals surface area contributed by atoms with E-state index in [2.05, 4.69) is 46.6 Å². The Hall–Kier alpha value is -3.99. The number of carbonyl (C=O) groups is 2. The number of ether oxygens (including phenoxy) is 2. The van der Waals surface area contributed by atoms with Gasteiger partial charge in [-0.3, -0.25) is 4.79 Å². The van der Waals surface area contributed by atoms with E-state index in [-0.39, 0.29) is 29.7 Å². The zero-order valence-corrected chi connectivity index (χ0v) is 23.0. The van der Waals surface area contributed by atoms with Crippen LogP contribution < -0.4 is 15.4 Å². The molecule has 2 aromatic heterocycles. The lowest BCUT2D eigenvalue weighted by molar-refractivity contribution is 0.0513.